The molecule has 0 fully saturated rings. The van der Waals surface area contributed by atoms with Crippen molar-refractivity contribution >= 4 is 23.0 Å². The molecule has 122 valence electrons. The molecule has 0 saturated heterocycles. The first-order chi connectivity index (χ1) is 11.0. The van der Waals surface area contributed by atoms with Crippen molar-refractivity contribution in [1.82, 2.24) is 9.97 Å². The molecule has 0 aliphatic rings. The molecule has 23 heavy (non-hydrogen) atoms. The fourth-order valence-corrected chi connectivity index (χ4v) is 2.04. The highest BCUT2D eigenvalue weighted by Gasteiger charge is 2.23. The number of aromatic nitrogens is 2. The van der Waals surface area contributed by atoms with Crippen LogP contribution in [0.3, 0.4) is 0 Å². The lowest BCUT2D eigenvalue weighted by Gasteiger charge is -2.13. The predicted molar refractivity (Wildman–Crippen MR) is 91.2 cm³/mol. The molecule has 0 amide bonds. The molecule has 1 aromatic carbocycles. The third kappa shape index (κ3) is 4.15. The standard InChI is InChI=1S/C16H21N5O2/c1-4-11(3)19-15-14(21(22)23)16(18-10-17-15)20-13-8-6-12(5-2)7-9-13/h6-11H,4-5H2,1-3H3,(H2,17,18,19,20). The van der Waals surface area contributed by atoms with Gasteiger partial charge in [0.15, 0.2) is 0 Å². The maximum absolute atomic E-state index is 11.4. The van der Waals surface area contributed by atoms with Crippen LogP contribution >= 0.6 is 0 Å². The van der Waals surface area contributed by atoms with Crippen molar-refractivity contribution in [3.8, 4) is 0 Å². The number of nitro groups is 1. The largest absolute Gasteiger partial charge is 0.362 e. The Morgan fingerprint density at radius 3 is 2.39 bits per heavy atom. The molecule has 7 nitrogen and oxygen atoms in total. The fourth-order valence-electron chi connectivity index (χ4n) is 2.04. The smallest absolute Gasteiger partial charge is 0.353 e. The van der Waals surface area contributed by atoms with E-state index in [-0.39, 0.29) is 23.4 Å². The summed E-state index contributed by atoms with van der Waals surface area (Å²) in [6.07, 6.45) is 3.10. The maximum atomic E-state index is 11.4. The van der Waals surface area contributed by atoms with Crippen LogP contribution in [0.5, 0.6) is 0 Å². The van der Waals surface area contributed by atoms with Crippen LogP contribution < -0.4 is 10.6 Å². The van der Waals surface area contributed by atoms with Crippen LogP contribution in [0.4, 0.5) is 23.0 Å². The Balaban J connectivity index is 2.33. The van der Waals surface area contributed by atoms with Crippen LogP contribution in [0.2, 0.25) is 0 Å². The van der Waals surface area contributed by atoms with Crippen molar-refractivity contribution in [3.05, 3.63) is 46.3 Å². The molecular weight excluding hydrogens is 294 g/mol. The summed E-state index contributed by atoms with van der Waals surface area (Å²) < 4.78 is 0. The van der Waals surface area contributed by atoms with Gasteiger partial charge in [0.25, 0.3) is 0 Å². The van der Waals surface area contributed by atoms with Crippen molar-refractivity contribution < 1.29 is 4.92 Å². The van der Waals surface area contributed by atoms with Crippen molar-refractivity contribution in [2.45, 2.75) is 39.7 Å². The minimum absolute atomic E-state index is 0.0836. The quantitative estimate of drug-likeness (QED) is 0.594. The second-order valence-electron chi connectivity index (χ2n) is 5.31. The molecule has 0 aliphatic carbocycles. The minimum Gasteiger partial charge on any atom is -0.362 e. The van der Waals surface area contributed by atoms with Crippen LogP contribution in [0.15, 0.2) is 30.6 Å². The summed E-state index contributed by atoms with van der Waals surface area (Å²) in [4.78, 5) is 19.0. The molecule has 0 radical (unpaired) electrons. The summed E-state index contributed by atoms with van der Waals surface area (Å²) in [6, 6.07) is 7.81. The van der Waals surface area contributed by atoms with Gasteiger partial charge in [-0.25, -0.2) is 9.97 Å². The van der Waals surface area contributed by atoms with E-state index in [1.54, 1.807) is 0 Å². The van der Waals surface area contributed by atoms with Crippen molar-refractivity contribution in [1.29, 1.82) is 0 Å². The Morgan fingerprint density at radius 1 is 1.17 bits per heavy atom. The highest BCUT2D eigenvalue weighted by atomic mass is 16.6. The Bertz CT molecular complexity index is 673. The van der Waals surface area contributed by atoms with Gasteiger partial charge in [-0.3, -0.25) is 10.1 Å². The summed E-state index contributed by atoms with van der Waals surface area (Å²) in [5, 5.41) is 17.5. The first-order valence-electron chi connectivity index (χ1n) is 7.67. The zero-order chi connectivity index (χ0) is 16.8. The lowest BCUT2D eigenvalue weighted by molar-refractivity contribution is -0.383. The molecule has 0 aliphatic heterocycles. The number of nitrogens with one attached hydrogen (secondary N) is 2. The molecule has 1 atom stereocenters. The maximum Gasteiger partial charge on any atom is 0.353 e. The molecule has 1 unspecified atom stereocenters. The number of hydrogen-bond acceptors (Lipinski definition) is 6. The molecule has 0 spiro atoms. The summed E-state index contributed by atoms with van der Waals surface area (Å²) in [5.74, 6) is 0.409. The number of anilines is 3. The first-order valence-corrected chi connectivity index (χ1v) is 7.67. The summed E-state index contributed by atoms with van der Waals surface area (Å²) >= 11 is 0. The van der Waals surface area contributed by atoms with Gasteiger partial charge in [0.1, 0.15) is 6.33 Å². The number of hydrogen-bond donors (Lipinski definition) is 2. The van der Waals surface area contributed by atoms with E-state index in [1.807, 2.05) is 38.1 Å². The third-order valence-electron chi connectivity index (χ3n) is 3.63. The molecule has 2 rings (SSSR count). The van der Waals surface area contributed by atoms with Gasteiger partial charge in [-0.1, -0.05) is 26.0 Å². The van der Waals surface area contributed by atoms with E-state index in [0.29, 0.717) is 0 Å². The van der Waals surface area contributed by atoms with Gasteiger partial charge in [0.05, 0.1) is 4.92 Å². The topological polar surface area (TPSA) is 93.0 Å². The third-order valence-corrected chi connectivity index (χ3v) is 3.63. The van der Waals surface area contributed by atoms with Crippen LogP contribution in [-0.4, -0.2) is 20.9 Å². The van der Waals surface area contributed by atoms with E-state index in [1.165, 1.54) is 11.9 Å². The Kier molecular flexibility index (Phi) is 5.46. The van der Waals surface area contributed by atoms with Crippen molar-refractivity contribution in [3.63, 3.8) is 0 Å². The molecular formula is C16H21N5O2. The van der Waals surface area contributed by atoms with Gasteiger partial charge in [-0.2, -0.15) is 0 Å². The average molecular weight is 315 g/mol. The molecule has 7 heteroatoms. The number of nitrogens with zero attached hydrogens (tertiary/aromatic N) is 3. The lowest BCUT2D eigenvalue weighted by Crippen LogP contribution is -2.16. The Hall–Kier alpha value is -2.70. The molecule has 2 aromatic rings. The monoisotopic (exact) mass is 315 g/mol. The number of aryl methyl sites for hydroxylation is 1. The Morgan fingerprint density at radius 2 is 1.83 bits per heavy atom. The van der Waals surface area contributed by atoms with Gasteiger partial charge in [0, 0.05) is 11.7 Å². The highest BCUT2D eigenvalue weighted by Crippen LogP contribution is 2.31. The molecule has 1 heterocycles. The predicted octanol–water partition coefficient (Wildman–Crippen LogP) is 3.90. The zero-order valence-corrected chi connectivity index (χ0v) is 13.5. The van der Waals surface area contributed by atoms with Crippen LogP contribution in [0.25, 0.3) is 0 Å². The zero-order valence-electron chi connectivity index (χ0n) is 13.5. The van der Waals surface area contributed by atoms with E-state index in [2.05, 4.69) is 27.5 Å². The first kappa shape index (κ1) is 16.7. The van der Waals surface area contributed by atoms with Crippen LogP contribution in [-0.2, 0) is 6.42 Å². The van der Waals surface area contributed by atoms with E-state index in [0.717, 1.165) is 18.5 Å². The minimum atomic E-state index is -0.465. The van der Waals surface area contributed by atoms with E-state index < -0.39 is 4.92 Å². The van der Waals surface area contributed by atoms with E-state index in [9.17, 15) is 10.1 Å². The second-order valence-corrected chi connectivity index (χ2v) is 5.31. The molecule has 0 saturated carbocycles. The fraction of sp³-hybridized carbons (Fsp3) is 0.375. The van der Waals surface area contributed by atoms with E-state index in [4.69, 9.17) is 0 Å². The second kappa shape index (κ2) is 7.53. The van der Waals surface area contributed by atoms with Gasteiger partial charge in [0.2, 0.25) is 11.6 Å². The average Bonchev–Trinajstić information content (AvgIpc) is 2.55. The lowest BCUT2D eigenvalue weighted by atomic mass is 10.1. The van der Waals surface area contributed by atoms with Gasteiger partial charge < -0.3 is 10.6 Å². The van der Waals surface area contributed by atoms with Gasteiger partial charge in [-0.15, -0.1) is 0 Å². The number of benzene rings is 1. The molecule has 2 N–H and O–H groups in total. The number of rotatable bonds is 7. The van der Waals surface area contributed by atoms with Crippen molar-refractivity contribution in [2.24, 2.45) is 0 Å². The summed E-state index contributed by atoms with van der Waals surface area (Å²) in [6.45, 7) is 6.02. The van der Waals surface area contributed by atoms with Gasteiger partial charge >= 0.3 is 5.69 Å². The van der Waals surface area contributed by atoms with Crippen LogP contribution in [0.1, 0.15) is 32.8 Å². The van der Waals surface area contributed by atoms with Gasteiger partial charge in [-0.05, 0) is 37.5 Å². The molecule has 0 bridgehead atoms. The Labute approximate surface area is 135 Å². The summed E-state index contributed by atoms with van der Waals surface area (Å²) in [7, 11) is 0. The van der Waals surface area contributed by atoms with E-state index >= 15 is 0 Å². The normalized spacial score (nSPS) is 11.8. The highest BCUT2D eigenvalue weighted by molar-refractivity contribution is 5.73. The van der Waals surface area contributed by atoms with Crippen molar-refractivity contribution in [2.75, 3.05) is 10.6 Å². The summed E-state index contributed by atoms with van der Waals surface area (Å²) in [5.41, 5.74) is 1.80. The SMILES string of the molecule is CCc1ccc(Nc2ncnc(NC(C)CC)c2[N+](=O)[O-])cc1. The van der Waals surface area contributed by atoms with Crippen LogP contribution in [0, 0.1) is 10.1 Å². The molecule has 1 aromatic heterocycles.